The van der Waals surface area contributed by atoms with E-state index in [0.29, 0.717) is 11.8 Å². The third kappa shape index (κ3) is 2.51. The Kier molecular flexibility index (Phi) is 3.59. The van der Waals surface area contributed by atoms with E-state index in [-0.39, 0.29) is 11.8 Å². The molecule has 0 spiro atoms. The van der Waals surface area contributed by atoms with Crippen LogP contribution in [0.1, 0.15) is 17.6 Å². The van der Waals surface area contributed by atoms with Gasteiger partial charge in [-0.3, -0.25) is 4.79 Å². The lowest BCUT2D eigenvalue weighted by atomic mass is 9.93. The van der Waals surface area contributed by atoms with Crippen molar-refractivity contribution >= 4 is 5.91 Å². The summed E-state index contributed by atoms with van der Waals surface area (Å²) in [6, 6.07) is 22.2. The Morgan fingerprint density at radius 2 is 1.58 bits per heavy atom. The van der Waals surface area contributed by atoms with Gasteiger partial charge in [0.15, 0.2) is 0 Å². The molecule has 1 unspecified atom stereocenters. The second-order valence-corrected chi connectivity index (χ2v) is 7.28. The molecule has 1 saturated carbocycles. The molecule has 5 rings (SSSR count). The van der Waals surface area contributed by atoms with E-state index in [1.807, 2.05) is 66.7 Å². The van der Waals surface area contributed by atoms with Crippen molar-refractivity contribution in [2.45, 2.75) is 12.8 Å². The quantitative estimate of drug-likeness (QED) is 0.624. The maximum Gasteiger partial charge on any atom is 0.251 e. The van der Waals surface area contributed by atoms with Gasteiger partial charge in [0.25, 0.3) is 5.91 Å². The number of fused-ring (bicyclic) bond motifs is 2. The Bertz CT molecular complexity index is 972. The number of rotatable bonds is 3. The van der Waals surface area contributed by atoms with E-state index >= 15 is 0 Å². The maximum atomic E-state index is 13.3. The monoisotopic (exact) mass is 340 g/mol. The highest BCUT2D eigenvalue weighted by atomic mass is 16.2. The van der Waals surface area contributed by atoms with E-state index in [1.165, 1.54) is 0 Å². The molecule has 0 saturated heterocycles. The average molecular weight is 340 g/mol. The standard InChI is InChI=1S/C23H20N2O/c26-23(20-14-16-11-12-19(20)13-16)25-22(18-9-5-2-6-10-18)15-21(24-25)17-7-3-1-4-8-17/h1-12,15-16,19-20H,13-14H2/t16-,19+,20?/m0/s1. The molecule has 26 heavy (non-hydrogen) atoms. The van der Waals surface area contributed by atoms with Crippen LogP contribution in [0.4, 0.5) is 0 Å². The Balaban J connectivity index is 1.60. The van der Waals surface area contributed by atoms with E-state index in [1.54, 1.807) is 4.68 Å². The zero-order chi connectivity index (χ0) is 17.5. The number of hydrogen-bond donors (Lipinski definition) is 0. The Morgan fingerprint density at radius 3 is 2.19 bits per heavy atom. The normalized spacial score (nSPS) is 23.5. The summed E-state index contributed by atoms with van der Waals surface area (Å²) in [5, 5.41) is 4.73. The topological polar surface area (TPSA) is 34.9 Å². The van der Waals surface area contributed by atoms with Crippen molar-refractivity contribution in [3.05, 3.63) is 78.9 Å². The molecule has 3 nitrogen and oxygen atoms in total. The van der Waals surface area contributed by atoms with Crippen molar-refractivity contribution in [1.82, 2.24) is 9.78 Å². The SMILES string of the molecule is O=C(C1C[C@H]2C=C[C@@H]1C2)n1nc(-c2ccccc2)cc1-c1ccccc1. The molecular weight excluding hydrogens is 320 g/mol. The van der Waals surface area contributed by atoms with Gasteiger partial charge in [0.1, 0.15) is 0 Å². The third-order valence-electron chi connectivity index (χ3n) is 5.65. The summed E-state index contributed by atoms with van der Waals surface area (Å²) in [6.45, 7) is 0. The third-order valence-corrected chi connectivity index (χ3v) is 5.65. The molecule has 3 aromatic rings. The highest BCUT2D eigenvalue weighted by Crippen LogP contribution is 2.44. The van der Waals surface area contributed by atoms with Crippen LogP contribution in [0.2, 0.25) is 0 Å². The first kappa shape index (κ1) is 15.3. The Hall–Kier alpha value is -2.94. The largest absolute Gasteiger partial charge is 0.272 e. The van der Waals surface area contributed by atoms with Crippen molar-refractivity contribution in [3.8, 4) is 22.5 Å². The molecule has 128 valence electrons. The number of hydrogen-bond acceptors (Lipinski definition) is 2. The van der Waals surface area contributed by atoms with Crippen LogP contribution in [-0.4, -0.2) is 15.7 Å². The minimum Gasteiger partial charge on any atom is -0.272 e. The van der Waals surface area contributed by atoms with Crippen molar-refractivity contribution in [2.75, 3.05) is 0 Å². The van der Waals surface area contributed by atoms with E-state index < -0.39 is 0 Å². The molecule has 3 heteroatoms. The molecule has 2 aliphatic rings. The lowest BCUT2D eigenvalue weighted by Gasteiger charge is -2.17. The maximum absolute atomic E-state index is 13.3. The zero-order valence-corrected chi connectivity index (χ0v) is 14.5. The predicted octanol–water partition coefficient (Wildman–Crippen LogP) is 5.07. The molecule has 1 heterocycles. The van der Waals surface area contributed by atoms with Crippen LogP contribution >= 0.6 is 0 Å². The number of aromatic nitrogens is 2. The summed E-state index contributed by atoms with van der Waals surface area (Å²) in [4.78, 5) is 13.3. The molecule has 0 N–H and O–H groups in total. The second kappa shape index (κ2) is 6.10. The first-order valence-corrected chi connectivity index (χ1v) is 9.23. The van der Waals surface area contributed by atoms with Crippen molar-refractivity contribution in [2.24, 2.45) is 17.8 Å². The molecule has 2 bridgehead atoms. The summed E-state index contributed by atoms with van der Waals surface area (Å²) in [5.74, 6) is 1.12. The van der Waals surface area contributed by atoms with Gasteiger partial charge in [-0.2, -0.15) is 9.78 Å². The summed E-state index contributed by atoms with van der Waals surface area (Å²) in [6.07, 6.45) is 6.56. The lowest BCUT2D eigenvalue weighted by molar-refractivity contribution is 0.0799. The predicted molar refractivity (Wildman–Crippen MR) is 103 cm³/mol. The molecular formula is C23H20N2O. The van der Waals surface area contributed by atoms with Crippen molar-refractivity contribution in [1.29, 1.82) is 0 Å². The van der Waals surface area contributed by atoms with Gasteiger partial charge in [0, 0.05) is 17.0 Å². The minimum atomic E-state index is 0.0518. The van der Waals surface area contributed by atoms with E-state index in [2.05, 4.69) is 12.2 Å². The molecule has 0 radical (unpaired) electrons. The number of allylic oxidation sites excluding steroid dienone is 2. The molecule has 3 atom stereocenters. The fraction of sp³-hybridized carbons (Fsp3) is 0.217. The number of carbonyl (C=O) groups excluding carboxylic acids is 1. The van der Waals surface area contributed by atoms with Crippen LogP contribution < -0.4 is 0 Å². The second-order valence-electron chi connectivity index (χ2n) is 7.28. The van der Waals surface area contributed by atoms with Crippen LogP contribution in [0.3, 0.4) is 0 Å². The first-order valence-electron chi connectivity index (χ1n) is 9.23. The van der Waals surface area contributed by atoms with Gasteiger partial charge in [-0.25, -0.2) is 0 Å². The number of carbonyl (C=O) groups is 1. The Labute approximate surface area is 153 Å². The Morgan fingerprint density at radius 1 is 0.885 bits per heavy atom. The van der Waals surface area contributed by atoms with Gasteiger partial charge in [0.2, 0.25) is 0 Å². The van der Waals surface area contributed by atoms with Gasteiger partial charge in [-0.05, 0) is 30.7 Å². The molecule has 2 aromatic carbocycles. The number of benzene rings is 2. The van der Waals surface area contributed by atoms with Gasteiger partial charge in [-0.15, -0.1) is 0 Å². The van der Waals surface area contributed by atoms with Gasteiger partial charge in [0.05, 0.1) is 11.4 Å². The first-order chi connectivity index (χ1) is 12.8. The van der Waals surface area contributed by atoms with E-state index in [4.69, 9.17) is 5.10 Å². The van der Waals surface area contributed by atoms with Crippen molar-refractivity contribution in [3.63, 3.8) is 0 Å². The van der Waals surface area contributed by atoms with Crippen LogP contribution in [0.25, 0.3) is 22.5 Å². The fourth-order valence-electron chi connectivity index (χ4n) is 4.34. The molecule has 1 aromatic heterocycles. The van der Waals surface area contributed by atoms with Gasteiger partial charge in [-0.1, -0.05) is 72.8 Å². The number of nitrogens with zero attached hydrogens (tertiary/aromatic N) is 2. The van der Waals surface area contributed by atoms with Gasteiger partial charge < -0.3 is 0 Å². The zero-order valence-electron chi connectivity index (χ0n) is 14.5. The van der Waals surface area contributed by atoms with Crippen LogP contribution in [0.15, 0.2) is 78.9 Å². The molecule has 0 aliphatic heterocycles. The van der Waals surface area contributed by atoms with Crippen LogP contribution in [-0.2, 0) is 0 Å². The average Bonchev–Trinajstić information content (AvgIpc) is 3.44. The van der Waals surface area contributed by atoms with Gasteiger partial charge >= 0.3 is 0 Å². The van der Waals surface area contributed by atoms with E-state index in [9.17, 15) is 4.79 Å². The fourth-order valence-corrected chi connectivity index (χ4v) is 4.34. The van der Waals surface area contributed by atoms with Crippen LogP contribution in [0.5, 0.6) is 0 Å². The molecule has 2 aliphatic carbocycles. The smallest absolute Gasteiger partial charge is 0.251 e. The summed E-state index contributed by atoms with van der Waals surface area (Å²) >= 11 is 0. The summed E-state index contributed by atoms with van der Waals surface area (Å²) in [7, 11) is 0. The van der Waals surface area contributed by atoms with E-state index in [0.717, 1.165) is 35.4 Å². The minimum absolute atomic E-state index is 0.0518. The highest BCUT2D eigenvalue weighted by Gasteiger charge is 2.41. The summed E-state index contributed by atoms with van der Waals surface area (Å²) in [5.41, 5.74) is 3.77. The van der Waals surface area contributed by atoms with Crippen molar-refractivity contribution < 1.29 is 4.79 Å². The van der Waals surface area contributed by atoms with Crippen LogP contribution in [0, 0.1) is 17.8 Å². The lowest BCUT2D eigenvalue weighted by Crippen LogP contribution is -2.26. The molecule has 1 fully saturated rings. The molecule has 0 amide bonds. The highest BCUT2D eigenvalue weighted by molar-refractivity contribution is 5.87. The summed E-state index contributed by atoms with van der Waals surface area (Å²) < 4.78 is 1.65.